The van der Waals surface area contributed by atoms with Crippen LogP contribution in [0.2, 0.25) is 0 Å². The molecule has 1 aromatic heterocycles. The minimum atomic E-state index is -0.453. The first-order valence-corrected chi connectivity index (χ1v) is 8.24. The van der Waals surface area contributed by atoms with E-state index < -0.39 is 6.04 Å². The number of hydrogen-bond acceptors (Lipinski definition) is 3. The van der Waals surface area contributed by atoms with Gasteiger partial charge in [0, 0.05) is 26.3 Å². The summed E-state index contributed by atoms with van der Waals surface area (Å²) in [6.45, 7) is 3.20. The van der Waals surface area contributed by atoms with Crippen LogP contribution in [0.3, 0.4) is 0 Å². The Labute approximate surface area is 141 Å². The van der Waals surface area contributed by atoms with Crippen molar-refractivity contribution in [2.75, 3.05) is 6.54 Å². The minimum Gasteiger partial charge on any atom is -0.340 e. The molecular formula is C18H22N4O2. The molecule has 1 aromatic carbocycles. The van der Waals surface area contributed by atoms with E-state index in [1.54, 1.807) is 22.8 Å². The highest BCUT2D eigenvalue weighted by molar-refractivity contribution is 5.98. The van der Waals surface area contributed by atoms with Crippen LogP contribution in [-0.2, 0) is 24.8 Å². The maximum Gasteiger partial charge on any atom is 0.255 e. The lowest BCUT2D eigenvalue weighted by molar-refractivity contribution is -0.129. The van der Waals surface area contributed by atoms with Gasteiger partial charge in [0.05, 0.1) is 11.3 Å². The number of rotatable bonds is 5. The lowest BCUT2D eigenvalue weighted by atomic mass is 10.1. The Morgan fingerprint density at radius 1 is 1.33 bits per heavy atom. The molecule has 0 saturated carbocycles. The van der Waals surface area contributed by atoms with Crippen LogP contribution in [0.1, 0.15) is 35.0 Å². The van der Waals surface area contributed by atoms with Crippen molar-refractivity contribution in [2.45, 2.75) is 32.4 Å². The number of aryl methyl sites for hydroxylation is 2. The largest absolute Gasteiger partial charge is 0.340 e. The van der Waals surface area contributed by atoms with Crippen molar-refractivity contribution in [3.63, 3.8) is 0 Å². The van der Waals surface area contributed by atoms with Crippen molar-refractivity contribution in [3.05, 3.63) is 53.3 Å². The Kier molecular flexibility index (Phi) is 4.64. The number of carbonyl (C=O) groups is 2. The molecule has 6 heteroatoms. The summed E-state index contributed by atoms with van der Waals surface area (Å²) in [6.07, 6.45) is 3.02. The molecule has 2 amide bonds. The third-order valence-electron chi connectivity index (χ3n) is 4.30. The third kappa shape index (κ3) is 3.32. The monoisotopic (exact) mass is 326 g/mol. The van der Waals surface area contributed by atoms with Gasteiger partial charge in [0.15, 0.2) is 0 Å². The van der Waals surface area contributed by atoms with E-state index in [0.29, 0.717) is 31.5 Å². The average Bonchev–Trinajstić information content (AvgIpc) is 3.13. The first kappa shape index (κ1) is 16.2. The highest BCUT2D eigenvalue weighted by Gasteiger charge is 2.33. The molecule has 0 aliphatic carbocycles. The second-order valence-electron chi connectivity index (χ2n) is 6.08. The van der Waals surface area contributed by atoms with Gasteiger partial charge in [-0.05, 0) is 18.4 Å². The summed E-state index contributed by atoms with van der Waals surface area (Å²) in [5.41, 5.74) is 2.40. The van der Waals surface area contributed by atoms with E-state index in [-0.39, 0.29) is 11.8 Å². The SMILES string of the molecule is CCc1nn(C)cc1C(=O)NC1CCN(Cc2ccccc2)C1=O. The molecule has 6 nitrogen and oxygen atoms in total. The summed E-state index contributed by atoms with van der Waals surface area (Å²) in [7, 11) is 1.79. The summed E-state index contributed by atoms with van der Waals surface area (Å²) in [4.78, 5) is 26.8. The number of benzene rings is 1. The molecule has 1 fully saturated rings. The Morgan fingerprint density at radius 3 is 2.79 bits per heavy atom. The van der Waals surface area contributed by atoms with E-state index in [2.05, 4.69) is 10.4 Å². The van der Waals surface area contributed by atoms with E-state index in [1.807, 2.05) is 37.3 Å². The summed E-state index contributed by atoms with van der Waals surface area (Å²) in [5, 5.41) is 7.14. The van der Waals surface area contributed by atoms with Gasteiger partial charge in [-0.25, -0.2) is 0 Å². The summed E-state index contributed by atoms with van der Waals surface area (Å²) >= 11 is 0. The van der Waals surface area contributed by atoms with Crippen molar-refractivity contribution in [1.82, 2.24) is 20.0 Å². The van der Waals surface area contributed by atoms with Crippen LogP contribution in [0.4, 0.5) is 0 Å². The second-order valence-corrected chi connectivity index (χ2v) is 6.08. The first-order chi connectivity index (χ1) is 11.6. The Bertz CT molecular complexity index is 739. The highest BCUT2D eigenvalue weighted by atomic mass is 16.2. The maximum absolute atomic E-state index is 12.5. The summed E-state index contributed by atoms with van der Waals surface area (Å²) < 4.78 is 1.63. The quantitative estimate of drug-likeness (QED) is 0.906. The smallest absolute Gasteiger partial charge is 0.255 e. The number of nitrogens with zero attached hydrogens (tertiary/aromatic N) is 3. The van der Waals surface area contributed by atoms with Crippen LogP contribution < -0.4 is 5.32 Å². The predicted molar refractivity (Wildman–Crippen MR) is 90.3 cm³/mol. The zero-order valence-electron chi connectivity index (χ0n) is 14.0. The van der Waals surface area contributed by atoms with Gasteiger partial charge >= 0.3 is 0 Å². The summed E-state index contributed by atoms with van der Waals surface area (Å²) in [5.74, 6) is -0.242. The van der Waals surface area contributed by atoms with Gasteiger partial charge < -0.3 is 10.2 Å². The molecule has 1 atom stereocenters. The minimum absolute atomic E-state index is 0.0193. The topological polar surface area (TPSA) is 67.2 Å². The van der Waals surface area contributed by atoms with Crippen molar-refractivity contribution >= 4 is 11.8 Å². The lowest BCUT2D eigenvalue weighted by Crippen LogP contribution is -2.41. The van der Waals surface area contributed by atoms with E-state index in [0.717, 1.165) is 11.3 Å². The fourth-order valence-corrected chi connectivity index (χ4v) is 3.05. The van der Waals surface area contributed by atoms with Crippen molar-refractivity contribution in [2.24, 2.45) is 7.05 Å². The van der Waals surface area contributed by atoms with Gasteiger partial charge in [0.25, 0.3) is 5.91 Å². The zero-order valence-corrected chi connectivity index (χ0v) is 14.0. The molecule has 1 saturated heterocycles. The van der Waals surface area contributed by atoms with E-state index >= 15 is 0 Å². The fourth-order valence-electron chi connectivity index (χ4n) is 3.05. The average molecular weight is 326 g/mol. The number of carbonyl (C=O) groups excluding carboxylic acids is 2. The molecule has 2 aromatic rings. The molecule has 1 aliphatic rings. The number of likely N-dealkylation sites (tertiary alicyclic amines) is 1. The van der Waals surface area contributed by atoms with Crippen LogP contribution in [0.15, 0.2) is 36.5 Å². The van der Waals surface area contributed by atoms with Crippen LogP contribution in [-0.4, -0.2) is 39.1 Å². The Hall–Kier alpha value is -2.63. The number of amides is 2. The van der Waals surface area contributed by atoms with Gasteiger partial charge in [-0.1, -0.05) is 37.3 Å². The van der Waals surface area contributed by atoms with E-state index in [1.165, 1.54) is 0 Å². The molecular weight excluding hydrogens is 304 g/mol. The van der Waals surface area contributed by atoms with Gasteiger partial charge in [0.2, 0.25) is 5.91 Å². The van der Waals surface area contributed by atoms with Crippen molar-refractivity contribution in [1.29, 1.82) is 0 Å². The predicted octanol–water partition coefficient (Wildman–Crippen LogP) is 1.51. The van der Waals surface area contributed by atoms with Crippen molar-refractivity contribution in [3.8, 4) is 0 Å². The molecule has 0 radical (unpaired) electrons. The van der Waals surface area contributed by atoms with Gasteiger partial charge in [-0.15, -0.1) is 0 Å². The molecule has 0 bridgehead atoms. The van der Waals surface area contributed by atoms with E-state index in [4.69, 9.17) is 0 Å². The highest BCUT2D eigenvalue weighted by Crippen LogP contribution is 2.16. The fraction of sp³-hybridized carbons (Fsp3) is 0.389. The molecule has 2 heterocycles. The molecule has 1 aliphatic heterocycles. The molecule has 24 heavy (non-hydrogen) atoms. The molecule has 126 valence electrons. The van der Waals surface area contributed by atoms with Gasteiger partial charge in [0.1, 0.15) is 6.04 Å². The lowest BCUT2D eigenvalue weighted by Gasteiger charge is -2.17. The molecule has 1 unspecified atom stereocenters. The van der Waals surface area contributed by atoms with E-state index in [9.17, 15) is 9.59 Å². The molecule has 0 spiro atoms. The normalized spacial score (nSPS) is 17.3. The molecule has 1 N–H and O–H groups in total. The third-order valence-corrected chi connectivity index (χ3v) is 4.30. The van der Waals surface area contributed by atoms with Crippen LogP contribution in [0, 0.1) is 0 Å². The van der Waals surface area contributed by atoms with Crippen LogP contribution >= 0.6 is 0 Å². The second kappa shape index (κ2) is 6.86. The number of hydrogen-bond donors (Lipinski definition) is 1. The number of nitrogens with one attached hydrogen (secondary N) is 1. The molecule has 3 rings (SSSR count). The zero-order chi connectivity index (χ0) is 17.1. The number of aromatic nitrogens is 2. The standard InChI is InChI=1S/C18H22N4O2/c1-3-15-14(12-21(2)20-15)17(23)19-16-9-10-22(18(16)24)11-13-7-5-4-6-8-13/h4-8,12,16H,3,9-11H2,1-2H3,(H,19,23). The van der Waals surface area contributed by atoms with Gasteiger partial charge in [-0.3, -0.25) is 14.3 Å². The van der Waals surface area contributed by atoms with Crippen molar-refractivity contribution < 1.29 is 9.59 Å². The Balaban J connectivity index is 1.64. The summed E-state index contributed by atoms with van der Waals surface area (Å²) in [6, 6.07) is 9.43. The maximum atomic E-state index is 12.5. The van der Waals surface area contributed by atoms with Crippen LogP contribution in [0.5, 0.6) is 0 Å². The Morgan fingerprint density at radius 2 is 2.08 bits per heavy atom. The van der Waals surface area contributed by atoms with Gasteiger partial charge in [-0.2, -0.15) is 5.10 Å². The first-order valence-electron chi connectivity index (χ1n) is 8.24. The van der Waals surface area contributed by atoms with Crippen LogP contribution in [0.25, 0.3) is 0 Å².